The van der Waals surface area contributed by atoms with E-state index >= 15 is 0 Å². The summed E-state index contributed by atoms with van der Waals surface area (Å²) in [7, 11) is 0. The molecule has 0 bridgehead atoms. The number of carboxylic acids is 2. The average Bonchev–Trinajstić information content (AvgIpc) is 2.81. The van der Waals surface area contributed by atoms with Crippen LogP contribution in [0.15, 0.2) is 60.7 Å². The zero-order chi connectivity index (χ0) is 24.2. The topological polar surface area (TPSA) is 115 Å². The molecule has 4 N–H and O–H groups in total. The fraction of sp³-hybridized carbons (Fsp3) is 0.462. The molecule has 0 saturated carbocycles. The third kappa shape index (κ3) is 13.6. The van der Waals surface area contributed by atoms with Gasteiger partial charge in [0.15, 0.2) is 0 Å². The summed E-state index contributed by atoms with van der Waals surface area (Å²) in [4.78, 5) is 20.4. The van der Waals surface area contributed by atoms with Crippen LogP contribution in [0, 0.1) is 11.8 Å². The quantitative estimate of drug-likeness (QED) is 0.370. The van der Waals surface area contributed by atoms with Crippen LogP contribution in [0.25, 0.3) is 0 Å². The number of aliphatic hydroxyl groups is 2. The van der Waals surface area contributed by atoms with Crippen molar-refractivity contribution in [2.45, 2.75) is 52.4 Å². The van der Waals surface area contributed by atoms with Gasteiger partial charge in [-0.15, -0.1) is 0 Å². The summed E-state index contributed by atoms with van der Waals surface area (Å²) in [6.07, 6.45) is 6.53. The SMILES string of the molecule is CCCC(CCO)C(CCC)CCO.O=C(O)c1ccccc1.O=C(O)c1ccccc1. The lowest BCUT2D eigenvalue weighted by atomic mass is 9.81. The summed E-state index contributed by atoms with van der Waals surface area (Å²) < 4.78 is 0. The molecular formula is C26H38O6. The van der Waals surface area contributed by atoms with Gasteiger partial charge < -0.3 is 20.4 Å². The number of aromatic carboxylic acids is 2. The van der Waals surface area contributed by atoms with E-state index in [0.29, 0.717) is 23.0 Å². The summed E-state index contributed by atoms with van der Waals surface area (Å²) in [5.74, 6) is -0.541. The third-order valence-corrected chi connectivity index (χ3v) is 5.03. The summed E-state index contributed by atoms with van der Waals surface area (Å²) in [6.45, 7) is 4.95. The second kappa shape index (κ2) is 19.0. The highest BCUT2D eigenvalue weighted by Crippen LogP contribution is 2.27. The van der Waals surface area contributed by atoms with Gasteiger partial charge >= 0.3 is 11.9 Å². The van der Waals surface area contributed by atoms with Crippen LogP contribution in [0.1, 0.15) is 73.1 Å². The minimum atomic E-state index is -0.879. The van der Waals surface area contributed by atoms with Crippen LogP contribution in [-0.4, -0.2) is 45.6 Å². The Labute approximate surface area is 191 Å². The van der Waals surface area contributed by atoms with Crippen molar-refractivity contribution in [3.8, 4) is 0 Å². The van der Waals surface area contributed by atoms with Crippen molar-refractivity contribution in [3.63, 3.8) is 0 Å². The van der Waals surface area contributed by atoms with Crippen molar-refractivity contribution < 1.29 is 30.0 Å². The van der Waals surface area contributed by atoms with E-state index in [9.17, 15) is 9.59 Å². The van der Waals surface area contributed by atoms with Gasteiger partial charge in [0.2, 0.25) is 0 Å². The minimum Gasteiger partial charge on any atom is -0.478 e. The fourth-order valence-corrected chi connectivity index (χ4v) is 3.47. The maximum atomic E-state index is 10.2. The van der Waals surface area contributed by atoms with Crippen molar-refractivity contribution >= 4 is 11.9 Å². The summed E-state index contributed by atoms with van der Waals surface area (Å²) in [5.41, 5.74) is 0.662. The van der Waals surface area contributed by atoms with Gasteiger partial charge in [-0.2, -0.15) is 0 Å². The molecule has 0 amide bonds. The van der Waals surface area contributed by atoms with Crippen molar-refractivity contribution in [1.82, 2.24) is 0 Å². The van der Waals surface area contributed by atoms with E-state index in [1.54, 1.807) is 60.7 Å². The van der Waals surface area contributed by atoms with Gasteiger partial charge in [0, 0.05) is 13.2 Å². The van der Waals surface area contributed by atoms with Gasteiger partial charge in [-0.05, 0) is 48.9 Å². The predicted octanol–water partition coefficient (Wildman–Crippen LogP) is 5.35. The molecule has 0 fully saturated rings. The maximum Gasteiger partial charge on any atom is 0.335 e. The zero-order valence-electron chi connectivity index (χ0n) is 19.2. The molecule has 2 aromatic carbocycles. The first-order valence-corrected chi connectivity index (χ1v) is 11.2. The number of rotatable bonds is 11. The Kier molecular flexibility index (Phi) is 17.4. The number of carbonyl (C=O) groups is 2. The molecule has 0 aliphatic rings. The maximum absolute atomic E-state index is 10.2. The van der Waals surface area contributed by atoms with E-state index in [1.807, 2.05) is 0 Å². The number of benzene rings is 2. The second-order valence-corrected chi connectivity index (χ2v) is 7.46. The first kappa shape index (κ1) is 29.3. The van der Waals surface area contributed by atoms with Gasteiger partial charge in [-0.1, -0.05) is 75.9 Å². The average molecular weight is 447 g/mol. The highest BCUT2D eigenvalue weighted by molar-refractivity contribution is 5.87. The first-order valence-electron chi connectivity index (χ1n) is 11.2. The Hall–Kier alpha value is -2.70. The van der Waals surface area contributed by atoms with Crippen LogP contribution in [0.5, 0.6) is 0 Å². The molecule has 0 aromatic heterocycles. The normalized spacial score (nSPS) is 11.8. The van der Waals surface area contributed by atoms with Crippen molar-refractivity contribution in [1.29, 1.82) is 0 Å². The van der Waals surface area contributed by atoms with Crippen LogP contribution in [0.4, 0.5) is 0 Å². The summed E-state index contributed by atoms with van der Waals surface area (Å²) >= 11 is 0. The molecule has 0 aliphatic heterocycles. The van der Waals surface area contributed by atoms with Crippen molar-refractivity contribution in [3.05, 3.63) is 71.8 Å². The highest BCUT2D eigenvalue weighted by atomic mass is 16.4. The van der Waals surface area contributed by atoms with Crippen molar-refractivity contribution in [2.75, 3.05) is 13.2 Å². The first-order chi connectivity index (χ1) is 15.4. The van der Waals surface area contributed by atoms with E-state index in [2.05, 4.69) is 13.8 Å². The number of aliphatic hydroxyl groups excluding tert-OH is 2. The Morgan fingerprint density at radius 1 is 0.625 bits per heavy atom. The monoisotopic (exact) mass is 446 g/mol. The molecule has 0 spiro atoms. The highest BCUT2D eigenvalue weighted by Gasteiger charge is 2.18. The zero-order valence-corrected chi connectivity index (χ0v) is 19.2. The molecule has 2 unspecified atom stereocenters. The molecule has 6 heteroatoms. The molecule has 0 heterocycles. The molecule has 0 aliphatic carbocycles. The molecule has 178 valence electrons. The molecule has 32 heavy (non-hydrogen) atoms. The van der Waals surface area contributed by atoms with Crippen molar-refractivity contribution in [2.24, 2.45) is 11.8 Å². The lowest BCUT2D eigenvalue weighted by Crippen LogP contribution is -2.17. The van der Waals surface area contributed by atoms with Gasteiger partial charge in [0.25, 0.3) is 0 Å². The Morgan fingerprint density at radius 2 is 0.938 bits per heavy atom. The van der Waals surface area contributed by atoms with Gasteiger partial charge in [0.05, 0.1) is 11.1 Å². The van der Waals surface area contributed by atoms with E-state index in [1.165, 1.54) is 25.7 Å². The lowest BCUT2D eigenvalue weighted by molar-refractivity contribution is 0.0686. The van der Waals surface area contributed by atoms with Crippen LogP contribution >= 0.6 is 0 Å². The Balaban J connectivity index is 0.000000466. The smallest absolute Gasteiger partial charge is 0.335 e. The predicted molar refractivity (Wildman–Crippen MR) is 127 cm³/mol. The van der Waals surface area contributed by atoms with Crippen LogP contribution in [0.2, 0.25) is 0 Å². The van der Waals surface area contributed by atoms with Gasteiger partial charge in [-0.3, -0.25) is 0 Å². The molecule has 0 radical (unpaired) electrons. The molecule has 6 nitrogen and oxygen atoms in total. The van der Waals surface area contributed by atoms with E-state index in [0.717, 1.165) is 12.8 Å². The number of hydrogen-bond acceptors (Lipinski definition) is 4. The standard InChI is InChI=1S/C12H26O2.2C7H6O2/c1-3-5-11(7-9-13)12(6-4-2)8-10-14;2*8-7(9)6-4-2-1-3-5-6/h11-14H,3-10H2,1-2H3;2*1-5H,(H,8,9). The van der Waals surface area contributed by atoms with Crippen LogP contribution < -0.4 is 0 Å². The third-order valence-electron chi connectivity index (χ3n) is 5.03. The van der Waals surface area contributed by atoms with E-state index < -0.39 is 11.9 Å². The minimum absolute atomic E-state index is 0.288. The van der Waals surface area contributed by atoms with Crippen LogP contribution in [-0.2, 0) is 0 Å². The Bertz CT molecular complexity index is 642. The van der Waals surface area contributed by atoms with Gasteiger partial charge in [-0.25, -0.2) is 9.59 Å². The second-order valence-electron chi connectivity index (χ2n) is 7.46. The Morgan fingerprint density at radius 3 is 1.12 bits per heavy atom. The fourth-order valence-electron chi connectivity index (χ4n) is 3.47. The molecule has 0 saturated heterocycles. The van der Waals surface area contributed by atoms with Gasteiger partial charge in [0.1, 0.15) is 0 Å². The lowest BCUT2D eigenvalue weighted by Gasteiger charge is -2.25. The summed E-state index contributed by atoms with van der Waals surface area (Å²) in [5, 5.41) is 34.7. The number of hydrogen-bond donors (Lipinski definition) is 4. The van der Waals surface area contributed by atoms with E-state index in [-0.39, 0.29) is 13.2 Å². The molecule has 2 atom stereocenters. The number of carboxylic acid groups (broad SMARTS) is 2. The van der Waals surface area contributed by atoms with E-state index in [4.69, 9.17) is 20.4 Å². The molecule has 2 rings (SSSR count). The summed E-state index contributed by atoms with van der Waals surface area (Å²) in [6, 6.07) is 16.6. The molecule has 2 aromatic rings. The molecular weight excluding hydrogens is 408 g/mol. The van der Waals surface area contributed by atoms with Crippen LogP contribution in [0.3, 0.4) is 0 Å². The largest absolute Gasteiger partial charge is 0.478 e.